The Morgan fingerprint density at radius 1 is 1.31 bits per heavy atom. The van der Waals surface area contributed by atoms with Crippen molar-refractivity contribution >= 4 is 0 Å². The van der Waals surface area contributed by atoms with E-state index in [0.717, 1.165) is 43.4 Å². The third-order valence-corrected chi connectivity index (χ3v) is 3.27. The number of unbranched alkanes of at least 4 members (excludes halogenated alkanes) is 3. The normalized spacial score (nSPS) is 23.6. The molecule has 16 heavy (non-hydrogen) atoms. The zero-order chi connectivity index (χ0) is 11.4. The highest BCUT2D eigenvalue weighted by atomic mass is 16.5. The first-order valence-corrected chi connectivity index (χ1v) is 6.34. The van der Waals surface area contributed by atoms with Crippen LogP contribution in [0.25, 0.3) is 0 Å². The van der Waals surface area contributed by atoms with Crippen LogP contribution < -0.4 is 5.73 Å². The molecular formula is C12H21N3O. The molecule has 1 aromatic rings. The number of hydrogen-bond donors (Lipinski definition) is 1. The van der Waals surface area contributed by atoms with Gasteiger partial charge in [-0.25, -0.2) is 0 Å². The van der Waals surface area contributed by atoms with Gasteiger partial charge in [0.2, 0.25) is 5.89 Å². The fourth-order valence-electron chi connectivity index (χ4n) is 1.98. The lowest BCUT2D eigenvalue weighted by atomic mass is 10.1. The van der Waals surface area contributed by atoms with Gasteiger partial charge in [-0.15, -0.1) is 0 Å². The summed E-state index contributed by atoms with van der Waals surface area (Å²) in [6.07, 6.45) is 6.79. The van der Waals surface area contributed by atoms with Crippen LogP contribution in [-0.4, -0.2) is 16.7 Å². The molecule has 2 unspecified atom stereocenters. The number of aryl methyl sites for hydroxylation is 1. The van der Waals surface area contributed by atoms with E-state index in [1.807, 2.05) is 0 Å². The van der Waals surface area contributed by atoms with E-state index in [4.69, 9.17) is 10.3 Å². The van der Waals surface area contributed by atoms with E-state index in [0.29, 0.717) is 5.92 Å². The summed E-state index contributed by atoms with van der Waals surface area (Å²) in [6.45, 7) is 3.03. The molecule has 0 radical (unpaired) electrons. The molecule has 1 heterocycles. The summed E-state index contributed by atoms with van der Waals surface area (Å²) in [5.74, 6) is 3.04. The van der Waals surface area contributed by atoms with E-state index in [1.165, 1.54) is 19.3 Å². The third kappa shape index (κ3) is 3.04. The zero-order valence-electron chi connectivity index (χ0n) is 9.98. The average molecular weight is 223 g/mol. The standard InChI is InChI=1S/C12H21N3O/c1-9-8-10(9)12-14-11(16-15-12)6-4-2-3-5-7-13/h9-10H,2-8,13H2,1H3. The predicted molar refractivity (Wildman–Crippen MR) is 62.0 cm³/mol. The number of nitrogens with two attached hydrogens (primary N) is 1. The Kier molecular flexibility index (Phi) is 3.93. The van der Waals surface area contributed by atoms with Crippen LogP contribution in [0.15, 0.2) is 4.52 Å². The largest absolute Gasteiger partial charge is 0.339 e. The summed E-state index contributed by atoms with van der Waals surface area (Å²) in [6, 6.07) is 0. The number of aromatic nitrogens is 2. The number of rotatable bonds is 7. The van der Waals surface area contributed by atoms with Crippen LogP contribution in [0.2, 0.25) is 0 Å². The van der Waals surface area contributed by atoms with Crippen molar-refractivity contribution in [2.45, 2.75) is 51.4 Å². The molecule has 0 bridgehead atoms. The minimum absolute atomic E-state index is 0.565. The summed E-state index contributed by atoms with van der Waals surface area (Å²) < 4.78 is 5.24. The topological polar surface area (TPSA) is 64.9 Å². The van der Waals surface area contributed by atoms with Crippen LogP contribution in [0.5, 0.6) is 0 Å². The molecule has 0 aromatic carbocycles. The highest BCUT2D eigenvalue weighted by Gasteiger charge is 2.37. The predicted octanol–water partition coefficient (Wildman–Crippen LogP) is 2.25. The van der Waals surface area contributed by atoms with Gasteiger partial charge in [0.25, 0.3) is 0 Å². The van der Waals surface area contributed by atoms with Crippen LogP contribution >= 0.6 is 0 Å². The summed E-state index contributed by atoms with van der Waals surface area (Å²) in [5, 5.41) is 4.04. The second-order valence-corrected chi connectivity index (χ2v) is 4.82. The first-order valence-electron chi connectivity index (χ1n) is 6.34. The Hall–Kier alpha value is -0.900. The van der Waals surface area contributed by atoms with E-state index < -0.39 is 0 Å². The molecule has 2 rings (SSSR count). The maximum absolute atomic E-state index is 5.44. The molecule has 1 aliphatic rings. The molecule has 1 fully saturated rings. The van der Waals surface area contributed by atoms with Crippen molar-refractivity contribution in [1.29, 1.82) is 0 Å². The van der Waals surface area contributed by atoms with Crippen molar-refractivity contribution in [1.82, 2.24) is 10.1 Å². The van der Waals surface area contributed by atoms with Crippen molar-refractivity contribution in [3.63, 3.8) is 0 Å². The van der Waals surface area contributed by atoms with Gasteiger partial charge in [0, 0.05) is 12.3 Å². The lowest BCUT2D eigenvalue weighted by Crippen LogP contribution is -1.97. The number of hydrogen-bond acceptors (Lipinski definition) is 4. The summed E-state index contributed by atoms with van der Waals surface area (Å²) in [4.78, 5) is 4.44. The van der Waals surface area contributed by atoms with Crippen LogP contribution in [0.4, 0.5) is 0 Å². The Morgan fingerprint density at radius 2 is 2.06 bits per heavy atom. The van der Waals surface area contributed by atoms with Gasteiger partial charge in [0.1, 0.15) is 0 Å². The molecular weight excluding hydrogens is 202 g/mol. The van der Waals surface area contributed by atoms with Gasteiger partial charge in [0.15, 0.2) is 5.82 Å². The maximum atomic E-state index is 5.44. The molecule has 0 saturated heterocycles. The monoisotopic (exact) mass is 223 g/mol. The van der Waals surface area contributed by atoms with E-state index in [2.05, 4.69) is 17.1 Å². The molecule has 0 aliphatic heterocycles. The molecule has 1 aliphatic carbocycles. The molecule has 2 N–H and O–H groups in total. The van der Waals surface area contributed by atoms with Crippen molar-refractivity contribution < 1.29 is 4.52 Å². The number of nitrogens with zero attached hydrogens (tertiary/aromatic N) is 2. The molecule has 1 saturated carbocycles. The Labute approximate surface area is 96.6 Å². The van der Waals surface area contributed by atoms with Gasteiger partial charge in [-0.2, -0.15) is 4.98 Å². The van der Waals surface area contributed by atoms with Crippen molar-refractivity contribution in [3.8, 4) is 0 Å². The van der Waals surface area contributed by atoms with E-state index >= 15 is 0 Å². The lowest BCUT2D eigenvalue weighted by Gasteiger charge is -1.96. The maximum Gasteiger partial charge on any atom is 0.226 e. The van der Waals surface area contributed by atoms with E-state index in [1.54, 1.807) is 0 Å². The van der Waals surface area contributed by atoms with Crippen LogP contribution in [0.3, 0.4) is 0 Å². The lowest BCUT2D eigenvalue weighted by molar-refractivity contribution is 0.368. The quantitative estimate of drug-likeness (QED) is 0.720. The SMILES string of the molecule is CC1CC1c1noc(CCCCCCN)n1. The molecule has 2 atom stereocenters. The Balaban J connectivity index is 1.67. The Bertz CT molecular complexity index is 324. The smallest absolute Gasteiger partial charge is 0.226 e. The van der Waals surface area contributed by atoms with Crippen LogP contribution in [0, 0.1) is 5.92 Å². The average Bonchev–Trinajstić information content (AvgIpc) is 2.83. The van der Waals surface area contributed by atoms with Crippen molar-refractivity contribution in [2.75, 3.05) is 6.54 Å². The molecule has 1 aromatic heterocycles. The minimum atomic E-state index is 0.565. The van der Waals surface area contributed by atoms with E-state index in [-0.39, 0.29) is 0 Å². The molecule has 4 heteroatoms. The summed E-state index contributed by atoms with van der Waals surface area (Å²) in [7, 11) is 0. The van der Waals surface area contributed by atoms with Crippen LogP contribution in [-0.2, 0) is 6.42 Å². The first kappa shape index (κ1) is 11.6. The van der Waals surface area contributed by atoms with Crippen molar-refractivity contribution in [2.24, 2.45) is 11.7 Å². The van der Waals surface area contributed by atoms with Gasteiger partial charge in [0.05, 0.1) is 0 Å². The fraction of sp³-hybridized carbons (Fsp3) is 0.833. The van der Waals surface area contributed by atoms with Crippen LogP contribution in [0.1, 0.15) is 56.7 Å². The summed E-state index contributed by atoms with van der Waals surface area (Å²) in [5.41, 5.74) is 5.44. The van der Waals surface area contributed by atoms with Gasteiger partial charge >= 0.3 is 0 Å². The molecule has 0 spiro atoms. The summed E-state index contributed by atoms with van der Waals surface area (Å²) >= 11 is 0. The van der Waals surface area contributed by atoms with Gasteiger partial charge in [-0.05, 0) is 31.7 Å². The third-order valence-electron chi connectivity index (χ3n) is 3.27. The Morgan fingerprint density at radius 3 is 2.75 bits per heavy atom. The molecule has 0 amide bonds. The van der Waals surface area contributed by atoms with Gasteiger partial charge < -0.3 is 10.3 Å². The second-order valence-electron chi connectivity index (χ2n) is 4.82. The fourth-order valence-corrected chi connectivity index (χ4v) is 1.98. The molecule has 90 valence electrons. The van der Waals surface area contributed by atoms with Gasteiger partial charge in [-0.3, -0.25) is 0 Å². The first-order chi connectivity index (χ1) is 7.81. The second kappa shape index (κ2) is 5.43. The highest BCUT2D eigenvalue weighted by Crippen LogP contribution is 2.45. The minimum Gasteiger partial charge on any atom is -0.339 e. The highest BCUT2D eigenvalue weighted by molar-refractivity contribution is 5.07. The molecule has 4 nitrogen and oxygen atoms in total. The van der Waals surface area contributed by atoms with E-state index in [9.17, 15) is 0 Å². The zero-order valence-corrected chi connectivity index (χ0v) is 9.98. The van der Waals surface area contributed by atoms with Crippen molar-refractivity contribution in [3.05, 3.63) is 11.7 Å². The van der Waals surface area contributed by atoms with Gasteiger partial charge in [-0.1, -0.05) is 24.9 Å².